The maximum Gasteiger partial charge on any atom is 0.328 e. The van der Waals surface area contributed by atoms with Crippen LogP contribution in [-0.2, 0) is 9.53 Å². The van der Waals surface area contributed by atoms with Gasteiger partial charge >= 0.3 is 5.97 Å². The lowest BCUT2D eigenvalue weighted by molar-refractivity contribution is -0.142. The molecule has 0 saturated heterocycles. The average Bonchev–Trinajstić information content (AvgIpc) is 2.35. The lowest BCUT2D eigenvalue weighted by Gasteiger charge is -2.22. The smallest absolute Gasteiger partial charge is 0.328 e. The van der Waals surface area contributed by atoms with Crippen LogP contribution < -0.4 is 10.2 Å². The summed E-state index contributed by atoms with van der Waals surface area (Å²) >= 11 is 0. The summed E-state index contributed by atoms with van der Waals surface area (Å²) in [5.74, 6) is -0.0688. The first-order chi connectivity index (χ1) is 8.45. The number of esters is 1. The summed E-state index contributed by atoms with van der Waals surface area (Å²) in [6.07, 6.45) is 0. The van der Waals surface area contributed by atoms with E-state index in [1.807, 2.05) is 57.1 Å². The number of hydrogen-bond donors (Lipinski definition) is 1. The molecule has 0 aromatic heterocycles. The molecule has 1 aromatic carbocycles. The molecule has 0 saturated carbocycles. The van der Waals surface area contributed by atoms with Gasteiger partial charge in [-0.1, -0.05) is 19.9 Å². The van der Waals surface area contributed by atoms with E-state index in [1.54, 1.807) is 0 Å². The van der Waals surface area contributed by atoms with Crippen molar-refractivity contribution in [2.75, 3.05) is 31.4 Å². The van der Waals surface area contributed by atoms with E-state index >= 15 is 0 Å². The van der Waals surface area contributed by atoms with Gasteiger partial charge in [0.15, 0.2) is 0 Å². The summed E-state index contributed by atoms with van der Waals surface area (Å²) in [5.41, 5.74) is 2.01. The zero-order valence-corrected chi connectivity index (χ0v) is 11.7. The highest BCUT2D eigenvalue weighted by molar-refractivity contribution is 5.79. The van der Waals surface area contributed by atoms with Crippen LogP contribution in [-0.4, -0.2) is 33.2 Å². The highest BCUT2D eigenvalue weighted by atomic mass is 16.5. The Kier molecular flexibility index (Phi) is 5.01. The van der Waals surface area contributed by atoms with Crippen LogP contribution in [0.25, 0.3) is 0 Å². The van der Waals surface area contributed by atoms with Gasteiger partial charge in [-0.2, -0.15) is 0 Å². The third-order valence-electron chi connectivity index (χ3n) is 2.81. The minimum absolute atomic E-state index is 0.167. The average molecular weight is 250 g/mol. The number of hydrogen-bond acceptors (Lipinski definition) is 4. The van der Waals surface area contributed by atoms with Gasteiger partial charge in [0.2, 0.25) is 0 Å². The van der Waals surface area contributed by atoms with Gasteiger partial charge in [0.1, 0.15) is 6.04 Å². The predicted octanol–water partition coefficient (Wildman–Crippen LogP) is 2.36. The number of rotatable bonds is 5. The van der Waals surface area contributed by atoms with Gasteiger partial charge < -0.3 is 15.0 Å². The Hall–Kier alpha value is -1.71. The van der Waals surface area contributed by atoms with Crippen molar-refractivity contribution in [1.29, 1.82) is 0 Å². The van der Waals surface area contributed by atoms with E-state index in [9.17, 15) is 4.79 Å². The second kappa shape index (κ2) is 6.28. The van der Waals surface area contributed by atoms with Crippen molar-refractivity contribution < 1.29 is 9.53 Å². The van der Waals surface area contributed by atoms with Crippen LogP contribution in [0.3, 0.4) is 0 Å². The minimum Gasteiger partial charge on any atom is -0.467 e. The molecule has 1 atom stereocenters. The number of methoxy groups -OCH3 is 1. The Morgan fingerprint density at radius 3 is 2.50 bits per heavy atom. The summed E-state index contributed by atoms with van der Waals surface area (Å²) in [6, 6.07) is 7.62. The Bertz CT molecular complexity index is 403. The van der Waals surface area contributed by atoms with Crippen LogP contribution in [0.1, 0.15) is 13.8 Å². The normalized spacial score (nSPS) is 12.1. The molecule has 1 N–H and O–H groups in total. The maximum atomic E-state index is 11.7. The van der Waals surface area contributed by atoms with Crippen molar-refractivity contribution >= 4 is 17.3 Å². The van der Waals surface area contributed by atoms with Gasteiger partial charge in [-0.05, 0) is 24.1 Å². The molecule has 100 valence electrons. The molecule has 1 aromatic rings. The highest BCUT2D eigenvalue weighted by Crippen LogP contribution is 2.20. The van der Waals surface area contributed by atoms with E-state index in [0.29, 0.717) is 0 Å². The van der Waals surface area contributed by atoms with Gasteiger partial charge in [-0.3, -0.25) is 0 Å². The molecule has 0 heterocycles. The van der Waals surface area contributed by atoms with Crippen molar-refractivity contribution in [1.82, 2.24) is 0 Å². The molecule has 0 fully saturated rings. The van der Waals surface area contributed by atoms with Gasteiger partial charge in [-0.15, -0.1) is 0 Å². The standard InChI is InChI=1S/C14H22N2O2/c1-10(2)13(14(17)18-5)15-11-7-6-8-12(9-11)16(3)4/h6-10,13,15H,1-5H3. The molecule has 0 amide bonds. The van der Waals surface area contributed by atoms with Gasteiger partial charge in [0.25, 0.3) is 0 Å². The first kappa shape index (κ1) is 14.4. The molecular formula is C14H22N2O2. The van der Waals surface area contributed by atoms with Gasteiger partial charge in [0.05, 0.1) is 7.11 Å². The SMILES string of the molecule is COC(=O)C(Nc1cccc(N(C)C)c1)C(C)C. The first-order valence-corrected chi connectivity index (χ1v) is 6.07. The fourth-order valence-corrected chi connectivity index (χ4v) is 1.68. The maximum absolute atomic E-state index is 11.7. The summed E-state index contributed by atoms with van der Waals surface area (Å²) in [5, 5.41) is 3.22. The van der Waals surface area contributed by atoms with Gasteiger partial charge in [0, 0.05) is 25.5 Å². The molecular weight excluding hydrogens is 228 g/mol. The van der Waals surface area contributed by atoms with Gasteiger partial charge in [-0.25, -0.2) is 4.79 Å². The van der Waals surface area contributed by atoms with E-state index in [2.05, 4.69) is 5.32 Å². The Morgan fingerprint density at radius 1 is 1.33 bits per heavy atom. The molecule has 1 rings (SSSR count). The minimum atomic E-state index is -0.326. The quantitative estimate of drug-likeness (QED) is 0.815. The van der Waals surface area contributed by atoms with Crippen molar-refractivity contribution in [3.8, 4) is 0 Å². The molecule has 0 aliphatic carbocycles. The van der Waals surface area contributed by atoms with Crippen LogP contribution >= 0.6 is 0 Å². The molecule has 0 aliphatic rings. The van der Waals surface area contributed by atoms with E-state index in [4.69, 9.17) is 4.74 Å². The van der Waals surface area contributed by atoms with Crippen molar-refractivity contribution in [2.24, 2.45) is 5.92 Å². The van der Waals surface area contributed by atoms with Crippen molar-refractivity contribution in [3.05, 3.63) is 24.3 Å². The lowest BCUT2D eigenvalue weighted by atomic mass is 10.0. The molecule has 0 bridgehead atoms. The van der Waals surface area contributed by atoms with Crippen LogP contribution in [0, 0.1) is 5.92 Å². The van der Waals surface area contributed by atoms with E-state index in [-0.39, 0.29) is 17.9 Å². The van der Waals surface area contributed by atoms with Crippen molar-refractivity contribution in [2.45, 2.75) is 19.9 Å². The lowest BCUT2D eigenvalue weighted by Crippen LogP contribution is -2.35. The Morgan fingerprint density at radius 2 is 2.00 bits per heavy atom. The first-order valence-electron chi connectivity index (χ1n) is 6.07. The molecule has 4 nitrogen and oxygen atoms in total. The van der Waals surface area contributed by atoms with E-state index < -0.39 is 0 Å². The molecule has 0 radical (unpaired) electrons. The third-order valence-corrected chi connectivity index (χ3v) is 2.81. The number of nitrogens with zero attached hydrogens (tertiary/aromatic N) is 1. The fourth-order valence-electron chi connectivity index (χ4n) is 1.68. The summed E-state index contributed by atoms with van der Waals surface area (Å²) < 4.78 is 4.81. The summed E-state index contributed by atoms with van der Waals surface area (Å²) in [4.78, 5) is 13.7. The second-order valence-electron chi connectivity index (χ2n) is 4.83. The zero-order valence-electron chi connectivity index (χ0n) is 11.7. The fraction of sp³-hybridized carbons (Fsp3) is 0.500. The topological polar surface area (TPSA) is 41.6 Å². The Balaban J connectivity index is 2.87. The Labute approximate surface area is 109 Å². The van der Waals surface area contributed by atoms with Crippen LogP contribution in [0.5, 0.6) is 0 Å². The number of ether oxygens (including phenoxy) is 1. The zero-order chi connectivity index (χ0) is 13.7. The van der Waals surface area contributed by atoms with Crippen LogP contribution in [0.2, 0.25) is 0 Å². The summed E-state index contributed by atoms with van der Waals surface area (Å²) in [7, 11) is 5.38. The van der Waals surface area contributed by atoms with Crippen LogP contribution in [0.15, 0.2) is 24.3 Å². The largest absolute Gasteiger partial charge is 0.467 e. The highest BCUT2D eigenvalue weighted by Gasteiger charge is 2.22. The van der Waals surface area contributed by atoms with Crippen LogP contribution in [0.4, 0.5) is 11.4 Å². The number of anilines is 2. The van der Waals surface area contributed by atoms with E-state index in [0.717, 1.165) is 11.4 Å². The third kappa shape index (κ3) is 3.65. The van der Waals surface area contributed by atoms with Crippen molar-refractivity contribution in [3.63, 3.8) is 0 Å². The molecule has 18 heavy (non-hydrogen) atoms. The molecule has 1 unspecified atom stereocenters. The number of nitrogens with one attached hydrogen (secondary N) is 1. The van der Waals surface area contributed by atoms with E-state index in [1.165, 1.54) is 7.11 Å². The predicted molar refractivity (Wildman–Crippen MR) is 75.0 cm³/mol. The molecule has 0 spiro atoms. The molecule has 0 aliphatic heterocycles. The monoisotopic (exact) mass is 250 g/mol. The number of carbonyl (C=O) groups excluding carboxylic acids is 1. The number of carbonyl (C=O) groups is 1. The number of benzene rings is 1. The summed E-state index contributed by atoms with van der Waals surface area (Å²) in [6.45, 7) is 3.98. The second-order valence-corrected chi connectivity index (χ2v) is 4.83. The molecule has 4 heteroatoms.